The molecule has 1 saturated carbocycles. The van der Waals surface area contributed by atoms with Gasteiger partial charge in [-0.25, -0.2) is 0 Å². The van der Waals surface area contributed by atoms with Gasteiger partial charge in [0.2, 0.25) is 0 Å². The lowest BCUT2D eigenvalue weighted by Crippen LogP contribution is -2.23. The molecular formula is C13H19BrN2. The Morgan fingerprint density at radius 3 is 2.69 bits per heavy atom. The highest BCUT2D eigenvalue weighted by Gasteiger charge is 2.21. The molecule has 2 rings (SSSR count). The zero-order valence-corrected chi connectivity index (χ0v) is 11.3. The van der Waals surface area contributed by atoms with Gasteiger partial charge in [-0.15, -0.1) is 0 Å². The average Bonchev–Trinajstić information content (AvgIpc) is 2.75. The summed E-state index contributed by atoms with van der Waals surface area (Å²) in [5.74, 6) is 0.824. The predicted molar refractivity (Wildman–Crippen MR) is 73.6 cm³/mol. The number of halogens is 1. The number of nitrogens with one attached hydrogen (secondary N) is 1. The molecule has 1 atom stereocenters. The van der Waals surface area contributed by atoms with E-state index in [1.54, 1.807) is 0 Å². The molecule has 1 unspecified atom stereocenters. The summed E-state index contributed by atoms with van der Waals surface area (Å²) in [5.41, 5.74) is 7.67. The molecule has 3 heteroatoms. The lowest BCUT2D eigenvalue weighted by molar-refractivity contribution is 0.482. The highest BCUT2D eigenvalue weighted by molar-refractivity contribution is 9.10. The van der Waals surface area contributed by atoms with Crippen LogP contribution in [-0.4, -0.2) is 6.04 Å². The van der Waals surface area contributed by atoms with Gasteiger partial charge in [-0.1, -0.05) is 12.8 Å². The molecule has 0 aromatic heterocycles. The lowest BCUT2D eigenvalue weighted by atomic mass is 9.99. The highest BCUT2D eigenvalue weighted by atomic mass is 79.9. The standard InChI is InChI=1S/C13H19BrN2/c1-9(10-4-2-3-5-10)16-13-7-6-11(15)8-12(13)14/h6-10,16H,2-5,15H2,1H3. The van der Waals surface area contributed by atoms with Crippen LogP contribution in [0, 0.1) is 5.92 Å². The maximum absolute atomic E-state index is 5.72. The Balaban J connectivity index is 2.02. The van der Waals surface area contributed by atoms with E-state index >= 15 is 0 Å². The summed E-state index contributed by atoms with van der Waals surface area (Å²) in [6.45, 7) is 2.28. The van der Waals surface area contributed by atoms with Crippen molar-refractivity contribution in [1.82, 2.24) is 0 Å². The normalized spacial score (nSPS) is 18.6. The summed E-state index contributed by atoms with van der Waals surface area (Å²) in [6, 6.07) is 6.48. The van der Waals surface area contributed by atoms with Gasteiger partial charge in [-0.3, -0.25) is 0 Å². The maximum atomic E-state index is 5.72. The van der Waals surface area contributed by atoms with Crippen molar-refractivity contribution in [2.45, 2.75) is 38.6 Å². The third-order valence-electron chi connectivity index (χ3n) is 3.48. The van der Waals surface area contributed by atoms with E-state index < -0.39 is 0 Å². The number of nitrogen functional groups attached to an aromatic ring is 1. The van der Waals surface area contributed by atoms with Crippen LogP contribution in [0.2, 0.25) is 0 Å². The molecule has 0 saturated heterocycles. The SMILES string of the molecule is CC(Nc1ccc(N)cc1Br)C1CCCC1. The van der Waals surface area contributed by atoms with Crippen LogP contribution in [0.25, 0.3) is 0 Å². The van der Waals surface area contributed by atoms with Crippen LogP contribution in [0.4, 0.5) is 11.4 Å². The summed E-state index contributed by atoms with van der Waals surface area (Å²) in [6.07, 6.45) is 5.50. The number of hydrogen-bond donors (Lipinski definition) is 2. The molecule has 0 spiro atoms. The summed E-state index contributed by atoms with van der Waals surface area (Å²) in [4.78, 5) is 0. The molecule has 1 aromatic carbocycles. The largest absolute Gasteiger partial charge is 0.399 e. The summed E-state index contributed by atoms with van der Waals surface area (Å²) < 4.78 is 1.05. The molecule has 0 radical (unpaired) electrons. The van der Waals surface area contributed by atoms with E-state index in [4.69, 9.17) is 5.73 Å². The monoisotopic (exact) mass is 282 g/mol. The van der Waals surface area contributed by atoms with Crippen LogP contribution >= 0.6 is 15.9 Å². The van der Waals surface area contributed by atoms with Gasteiger partial charge in [-0.05, 0) is 59.8 Å². The zero-order valence-electron chi connectivity index (χ0n) is 9.67. The number of hydrogen-bond acceptors (Lipinski definition) is 2. The first-order valence-electron chi connectivity index (χ1n) is 5.98. The minimum Gasteiger partial charge on any atom is -0.399 e. The second kappa shape index (κ2) is 5.09. The van der Waals surface area contributed by atoms with Crippen LogP contribution in [0.15, 0.2) is 22.7 Å². The van der Waals surface area contributed by atoms with Crippen molar-refractivity contribution in [1.29, 1.82) is 0 Å². The van der Waals surface area contributed by atoms with Crippen molar-refractivity contribution in [3.8, 4) is 0 Å². The van der Waals surface area contributed by atoms with Gasteiger partial charge in [0.05, 0.1) is 0 Å². The van der Waals surface area contributed by atoms with Crippen molar-refractivity contribution in [3.05, 3.63) is 22.7 Å². The Labute approximate surface area is 106 Å². The smallest absolute Gasteiger partial charge is 0.0488 e. The molecule has 1 aliphatic carbocycles. The van der Waals surface area contributed by atoms with Crippen molar-refractivity contribution < 1.29 is 0 Å². The molecule has 0 aliphatic heterocycles. The third kappa shape index (κ3) is 2.70. The van der Waals surface area contributed by atoms with Gasteiger partial charge in [-0.2, -0.15) is 0 Å². The van der Waals surface area contributed by atoms with E-state index in [2.05, 4.69) is 28.2 Å². The van der Waals surface area contributed by atoms with Crippen LogP contribution < -0.4 is 11.1 Å². The van der Waals surface area contributed by atoms with Gasteiger partial charge in [0.25, 0.3) is 0 Å². The minimum absolute atomic E-state index is 0.544. The van der Waals surface area contributed by atoms with Crippen molar-refractivity contribution in [2.24, 2.45) is 5.92 Å². The number of rotatable bonds is 3. The first-order chi connectivity index (χ1) is 7.66. The summed E-state index contributed by atoms with van der Waals surface area (Å²) >= 11 is 3.54. The van der Waals surface area contributed by atoms with Gasteiger partial charge < -0.3 is 11.1 Å². The molecule has 1 aliphatic rings. The number of anilines is 2. The van der Waals surface area contributed by atoms with E-state index in [9.17, 15) is 0 Å². The lowest BCUT2D eigenvalue weighted by Gasteiger charge is -2.22. The molecule has 16 heavy (non-hydrogen) atoms. The van der Waals surface area contributed by atoms with Crippen LogP contribution in [-0.2, 0) is 0 Å². The van der Waals surface area contributed by atoms with Gasteiger partial charge in [0, 0.05) is 21.9 Å². The number of benzene rings is 1. The Hall–Kier alpha value is -0.700. The molecule has 1 fully saturated rings. The van der Waals surface area contributed by atoms with Crippen molar-refractivity contribution in [2.75, 3.05) is 11.1 Å². The molecule has 0 heterocycles. The Bertz CT molecular complexity index is 359. The zero-order chi connectivity index (χ0) is 11.5. The molecule has 2 nitrogen and oxygen atoms in total. The second-order valence-corrected chi connectivity index (χ2v) is 5.57. The van der Waals surface area contributed by atoms with Gasteiger partial charge in [0.1, 0.15) is 0 Å². The topological polar surface area (TPSA) is 38.0 Å². The molecule has 0 bridgehead atoms. The van der Waals surface area contributed by atoms with Crippen LogP contribution in [0.5, 0.6) is 0 Å². The molecule has 0 amide bonds. The average molecular weight is 283 g/mol. The Morgan fingerprint density at radius 1 is 1.38 bits per heavy atom. The predicted octanol–water partition coefficient (Wildman–Crippen LogP) is 4.02. The van der Waals surface area contributed by atoms with Gasteiger partial charge >= 0.3 is 0 Å². The maximum Gasteiger partial charge on any atom is 0.0488 e. The fourth-order valence-corrected chi connectivity index (χ4v) is 2.98. The Morgan fingerprint density at radius 2 is 2.06 bits per heavy atom. The second-order valence-electron chi connectivity index (χ2n) is 4.72. The molecule has 3 N–H and O–H groups in total. The van der Waals surface area contributed by atoms with E-state index in [1.807, 2.05) is 18.2 Å². The minimum atomic E-state index is 0.544. The molecule has 1 aromatic rings. The number of nitrogens with two attached hydrogens (primary N) is 1. The summed E-state index contributed by atoms with van der Waals surface area (Å²) in [7, 11) is 0. The highest BCUT2D eigenvalue weighted by Crippen LogP contribution is 2.31. The Kier molecular flexibility index (Phi) is 3.74. The first-order valence-corrected chi connectivity index (χ1v) is 6.77. The van der Waals surface area contributed by atoms with Crippen molar-refractivity contribution >= 4 is 27.3 Å². The van der Waals surface area contributed by atoms with E-state index in [0.717, 1.165) is 21.8 Å². The molecular weight excluding hydrogens is 264 g/mol. The fraction of sp³-hybridized carbons (Fsp3) is 0.538. The van der Waals surface area contributed by atoms with E-state index in [0.29, 0.717) is 6.04 Å². The molecule has 88 valence electrons. The van der Waals surface area contributed by atoms with Crippen LogP contribution in [0.3, 0.4) is 0 Å². The third-order valence-corrected chi connectivity index (χ3v) is 4.14. The first kappa shape index (κ1) is 11.8. The summed E-state index contributed by atoms with van der Waals surface area (Å²) in [5, 5.41) is 3.58. The van der Waals surface area contributed by atoms with Crippen LogP contribution in [0.1, 0.15) is 32.6 Å². The quantitative estimate of drug-likeness (QED) is 0.822. The van der Waals surface area contributed by atoms with Crippen molar-refractivity contribution in [3.63, 3.8) is 0 Å². The van der Waals surface area contributed by atoms with E-state index in [-0.39, 0.29) is 0 Å². The fourth-order valence-electron chi connectivity index (χ4n) is 2.47. The van der Waals surface area contributed by atoms with E-state index in [1.165, 1.54) is 25.7 Å². The van der Waals surface area contributed by atoms with Gasteiger partial charge in [0.15, 0.2) is 0 Å².